The van der Waals surface area contributed by atoms with Crippen LogP contribution in [0.5, 0.6) is 0 Å². The first-order valence-corrected chi connectivity index (χ1v) is 8.26. The Bertz CT molecular complexity index is 537. The second-order valence-electron chi connectivity index (χ2n) is 5.75. The van der Waals surface area contributed by atoms with E-state index in [9.17, 15) is 0 Å². The first kappa shape index (κ1) is 13.7. The van der Waals surface area contributed by atoms with Crippen molar-refractivity contribution in [1.29, 1.82) is 0 Å². The van der Waals surface area contributed by atoms with Gasteiger partial charge in [-0.1, -0.05) is 37.3 Å². The third kappa shape index (κ3) is 2.48. The van der Waals surface area contributed by atoms with E-state index in [4.69, 9.17) is 0 Å². The quantitative estimate of drug-likeness (QED) is 0.922. The lowest BCUT2D eigenvalue weighted by molar-refractivity contribution is 0.288. The molecule has 0 bridgehead atoms. The number of nitrogens with zero attached hydrogens (tertiary/aromatic N) is 1. The number of rotatable bonds is 3. The summed E-state index contributed by atoms with van der Waals surface area (Å²) in [7, 11) is 0. The number of piperazine rings is 1. The number of hydrogen-bond acceptors (Lipinski definition) is 3. The minimum atomic E-state index is 0.0227. The van der Waals surface area contributed by atoms with Gasteiger partial charge in [-0.15, -0.1) is 0 Å². The molecule has 2 heterocycles. The van der Waals surface area contributed by atoms with Crippen molar-refractivity contribution in [2.24, 2.45) is 0 Å². The molecule has 1 fully saturated rings. The Kier molecular flexibility index (Phi) is 3.81. The van der Waals surface area contributed by atoms with E-state index in [-0.39, 0.29) is 5.54 Å². The van der Waals surface area contributed by atoms with E-state index < -0.39 is 0 Å². The third-order valence-electron chi connectivity index (χ3n) is 4.38. The maximum Gasteiger partial charge on any atom is 0.0584 e. The van der Waals surface area contributed by atoms with Crippen molar-refractivity contribution in [3.05, 3.63) is 52.7 Å². The molecule has 0 amide bonds. The summed E-state index contributed by atoms with van der Waals surface area (Å²) in [6, 6.07) is 13.6. The SMILES string of the molecule is CCC1CNC(C)(c2ccccc2)CN1c1ccsc1. The molecule has 0 radical (unpaired) electrons. The summed E-state index contributed by atoms with van der Waals surface area (Å²) in [5, 5.41) is 8.20. The van der Waals surface area contributed by atoms with Gasteiger partial charge in [-0.25, -0.2) is 0 Å². The molecule has 1 aliphatic rings. The number of hydrogen-bond donors (Lipinski definition) is 1. The highest BCUT2D eigenvalue weighted by Gasteiger charge is 2.36. The summed E-state index contributed by atoms with van der Waals surface area (Å²) < 4.78 is 0. The molecule has 3 heteroatoms. The summed E-state index contributed by atoms with van der Waals surface area (Å²) >= 11 is 1.78. The Morgan fingerprint density at radius 3 is 2.75 bits per heavy atom. The molecule has 106 valence electrons. The Balaban J connectivity index is 1.90. The van der Waals surface area contributed by atoms with Crippen molar-refractivity contribution in [3.63, 3.8) is 0 Å². The van der Waals surface area contributed by atoms with Gasteiger partial charge in [0, 0.05) is 30.2 Å². The van der Waals surface area contributed by atoms with Crippen LogP contribution in [0, 0.1) is 0 Å². The standard InChI is InChI=1S/C17H22N2S/c1-3-15-11-18-17(2,14-7-5-4-6-8-14)13-19(15)16-9-10-20-12-16/h4-10,12,15,18H,3,11,13H2,1-2H3. The van der Waals surface area contributed by atoms with Gasteiger partial charge < -0.3 is 10.2 Å². The highest BCUT2D eigenvalue weighted by atomic mass is 32.1. The molecule has 2 atom stereocenters. The summed E-state index contributed by atoms with van der Waals surface area (Å²) in [5.41, 5.74) is 2.76. The van der Waals surface area contributed by atoms with Crippen LogP contribution >= 0.6 is 11.3 Å². The van der Waals surface area contributed by atoms with Crippen LogP contribution in [0.25, 0.3) is 0 Å². The van der Waals surface area contributed by atoms with Crippen LogP contribution < -0.4 is 10.2 Å². The van der Waals surface area contributed by atoms with E-state index in [1.165, 1.54) is 17.7 Å². The summed E-state index contributed by atoms with van der Waals surface area (Å²) in [4.78, 5) is 2.57. The zero-order valence-corrected chi connectivity index (χ0v) is 13.0. The van der Waals surface area contributed by atoms with Crippen LogP contribution in [0.1, 0.15) is 25.8 Å². The van der Waals surface area contributed by atoms with Gasteiger partial charge in [0.25, 0.3) is 0 Å². The Hall–Kier alpha value is -1.32. The molecular weight excluding hydrogens is 264 g/mol. The van der Waals surface area contributed by atoms with Crippen molar-refractivity contribution in [3.8, 4) is 0 Å². The molecule has 1 saturated heterocycles. The van der Waals surface area contributed by atoms with Crippen molar-refractivity contribution < 1.29 is 0 Å². The van der Waals surface area contributed by atoms with E-state index in [0.717, 1.165) is 13.1 Å². The summed E-state index contributed by atoms with van der Waals surface area (Å²) in [5.74, 6) is 0. The number of anilines is 1. The van der Waals surface area contributed by atoms with E-state index >= 15 is 0 Å². The van der Waals surface area contributed by atoms with E-state index in [2.05, 4.69) is 71.2 Å². The molecule has 20 heavy (non-hydrogen) atoms. The van der Waals surface area contributed by atoms with Crippen molar-refractivity contribution in [2.45, 2.75) is 31.8 Å². The first-order chi connectivity index (χ1) is 9.73. The number of thiophene rings is 1. The zero-order valence-electron chi connectivity index (χ0n) is 12.2. The monoisotopic (exact) mass is 286 g/mol. The molecule has 1 N–H and O–H groups in total. The van der Waals surface area contributed by atoms with Gasteiger partial charge in [-0.3, -0.25) is 0 Å². The Morgan fingerprint density at radius 2 is 2.10 bits per heavy atom. The van der Waals surface area contributed by atoms with Gasteiger partial charge in [0.1, 0.15) is 0 Å². The fourth-order valence-corrected chi connectivity index (χ4v) is 3.72. The predicted molar refractivity (Wildman–Crippen MR) is 87.5 cm³/mol. The van der Waals surface area contributed by atoms with Gasteiger partial charge in [0.05, 0.1) is 5.54 Å². The zero-order chi connectivity index (χ0) is 14.0. The average molecular weight is 286 g/mol. The van der Waals surface area contributed by atoms with Crippen LogP contribution in [0.4, 0.5) is 5.69 Å². The maximum atomic E-state index is 3.77. The van der Waals surface area contributed by atoms with Crippen LogP contribution in [0.2, 0.25) is 0 Å². The highest BCUT2D eigenvalue weighted by molar-refractivity contribution is 7.08. The van der Waals surface area contributed by atoms with Gasteiger partial charge in [-0.05, 0) is 30.4 Å². The second-order valence-corrected chi connectivity index (χ2v) is 6.53. The molecule has 0 saturated carbocycles. The normalized spacial score (nSPS) is 26.7. The van der Waals surface area contributed by atoms with Crippen molar-refractivity contribution in [2.75, 3.05) is 18.0 Å². The van der Waals surface area contributed by atoms with Crippen LogP contribution in [-0.2, 0) is 5.54 Å². The molecule has 2 unspecified atom stereocenters. The minimum Gasteiger partial charge on any atom is -0.364 e. The fourth-order valence-electron chi connectivity index (χ4n) is 3.07. The average Bonchev–Trinajstić information content (AvgIpc) is 3.02. The highest BCUT2D eigenvalue weighted by Crippen LogP contribution is 2.31. The summed E-state index contributed by atoms with van der Waals surface area (Å²) in [6.07, 6.45) is 1.17. The lowest BCUT2D eigenvalue weighted by Gasteiger charge is -2.47. The minimum absolute atomic E-state index is 0.0227. The molecule has 1 aromatic carbocycles. The van der Waals surface area contributed by atoms with Crippen molar-refractivity contribution >= 4 is 17.0 Å². The molecule has 2 aromatic rings. The van der Waals surface area contributed by atoms with Gasteiger partial charge in [0.2, 0.25) is 0 Å². The van der Waals surface area contributed by atoms with Crippen LogP contribution in [-0.4, -0.2) is 19.1 Å². The van der Waals surface area contributed by atoms with Crippen molar-refractivity contribution in [1.82, 2.24) is 5.32 Å². The topological polar surface area (TPSA) is 15.3 Å². The van der Waals surface area contributed by atoms with E-state index in [1.807, 2.05) is 0 Å². The number of benzene rings is 1. The van der Waals surface area contributed by atoms with Crippen LogP contribution in [0.15, 0.2) is 47.2 Å². The molecule has 3 rings (SSSR count). The third-order valence-corrected chi connectivity index (χ3v) is 5.05. The lowest BCUT2D eigenvalue weighted by atomic mass is 9.87. The summed E-state index contributed by atoms with van der Waals surface area (Å²) in [6.45, 7) is 6.65. The second kappa shape index (κ2) is 5.58. The largest absolute Gasteiger partial charge is 0.364 e. The molecule has 1 aliphatic heterocycles. The molecule has 1 aromatic heterocycles. The van der Waals surface area contributed by atoms with Gasteiger partial charge in [-0.2, -0.15) is 11.3 Å². The van der Waals surface area contributed by atoms with E-state index in [0.29, 0.717) is 6.04 Å². The Labute approximate surface area is 125 Å². The van der Waals surface area contributed by atoms with E-state index in [1.54, 1.807) is 11.3 Å². The maximum absolute atomic E-state index is 3.77. The molecule has 0 aliphatic carbocycles. The molecule has 2 nitrogen and oxygen atoms in total. The molecular formula is C17H22N2S. The Morgan fingerprint density at radius 1 is 1.30 bits per heavy atom. The molecule has 0 spiro atoms. The predicted octanol–water partition coefficient (Wildman–Crippen LogP) is 3.85. The van der Waals surface area contributed by atoms with Crippen LogP contribution in [0.3, 0.4) is 0 Å². The lowest BCUT2D eigenvalue weighted by Crippen LogP contribution is -2.61. The first-order valence-electron chi connectivity index (χ1n) is 7.32. The van der Waals surface area contributed by atoms with Gasteiger partial charge in [0.15, 0.2) is 0 Å². The number of nitrogens with one attached hydrogen (secondary N) is 1. The fraction of sp³-hybridized carbons (Fsp3) is 0.412. The smallest absolute Gasteiger partial charge is 0.0584 e. The van der Waals surface area contributed by atoms with Gasteiger partial charge >= 0.3 is 0 Å².